The van der Waals surface area contributed by atoms with Gasteiger partial charge in [-0.15, -0.1) is 11.8 Å². The number of imidazole rings is 1. The summed E-state index contributed by atoms with van der Waals surface area (Å²) in [5.41, 5.74) is 2.28. The van der Waals surface area contributed by atoms with E-state index in [2.05, 4.69) is 35.0 Å². The Morgan fingerprint density at radius 3 is 3.25 bits per heavy atom. The van der Waals surface area contributed by atoms with E-state index in [1.54, 1.807) is 0 Å². The molecule has 0 radical (unpaired) electrons. The zero-order valence-electron chi connectivity index (χ0n) is 11.8. The summed E-state index contributed by atoms with van der Waals surface area (Å²) < 4.78 is 7.88. The van der Waals surface area contributed by atoms with Gasteiger partial charge in [0.05, 0.1) is 11.8 Å². The number of pyridine rings is 1. The van der Waals surface area contributed by atoms with Gasteiger partial charge in [0.1, 0.15) is 10.7 Å². The van der Waals surface area contributed by atoms with E-state index in [9.17, 15) is 0 Å². The van der Waals surface area contributed by atoms with Crippen LogP contribution in [-0.4, -0.2) is 34.4 Å². The third-order valence-corrected chi connectivity index (χ3v) is 4.70. The van der Waals surface area contributed by atoms with Crippen LogP contribution < -0.4 is 5.32 Å². The maximum Gasteiger partial charge on any atom is 0.138 e. The van der Waals surface area contributed by atoms with Gasteiger partial charge in [0.15, 0.2) is 0 Å². The van der Waals surface area contributed by atoms with E-state index in [1.807, 2.05) is 17.8 Å². The van der Waals surface area contributed by atoms with Gasteiger partial charge in [-0.05, 0) is 31.5 Å². The Labute approximate surface area is 123 Å². The molecule has 1 aliphatic heterocycles. The Morgan fingerprint density at radius 2 is 2.45 bits per heavy atom. The predicted octanol–water partition coefficient (Wildman–Crippen LogP) is 2.71. The van der Waals surface area contributed by atoms with Crippen LogP contribution in [0.5, 0.6) is 0 Å². The second-order valence-electron chi connectivity index (χ2n) is 5.02. The van der Waals surface area contributed by atoms with Crippen LogP contribution in [0.3, 0.4) is 0 Å². The van der Waals surface area contributed by atoms with E-state index in [0.717, 1.165) is 36.1 Å². The zero-order chi connectivity index (χ0) is 13.8. The number of aromatic nitrogens is 2. The average Bonchev–Trinajstić information content (AvgIpc) is 3.10. The largest absolute Gasteiger partial charge is 0.377 e. The normalized spacial score (nSPS) is 18.9. The van der Waals surface area contributed by atoms with Crippen molar-refractivity contribution < 1.29 is 4.74 Å². The molecule has 0 spiro atoms. The molecule has 3 rings (SSSR count). The monoisotopic (exact) mass is 291 g/mol. The molecule has 0 aliphatic carbocycles. The molecule has 3 heterocycles. The van der Waals surface area contributed by atoms with Gasteiger partial charge >= 0.3 is 0 Å². The lowest BCUT2D eigenvalue weighted by Crippen LogP contribution is -2.14. The Morgan fingerprint density at radius 1 is 1.50 bits per heavy atom. The van der Waals surface area contributed by atoms with Crippen molar-refractivity contribution in [3.05, 3.63) is 30.1 Å². The Balaban J connectivity index is 1.79. The summed E-state index contributed by atoms with van der Waals surface area (Å²) in [5, 5.41) is 4.54. The fourth-order valence-corrected chi connectivity index (χ4v) is 3.59. The number of hydrogen-bond donors (Lipinski definition) is 1. The molecular weight excluding hydrogens is 270 g/mol. The van der Waals surface area contributed by atoms with E-state index in [0.29, 0.717) is 6.10 Å². The first-order valence-electron chi connectivity index (χ1n) is 7.29. The maximum absolute atomic E-state index is 5.70. The number of fused-ring (bicyclic) bond motifs is 1. The highest BCUT2D eigenvalue weighted by Gasteiger charge is 2.18. The molecule has 4 nitrogen and oxygen atoms in total. The number of thioether (sulfide) groups is 1. The molecule has 108 valence electrons. The summed E-state index contributed by atoms with van der Waals surface area (Å²) in [7, 11) is 0. The topological polar surface area (TPSA) is 38.6 Å². The number of rotatable bonds is 6. The summed E-state index contributed by atoms with van der Waals surface area (Å²) in [5.74, 6) is 1.00. The van der Waals surface area contributed by atoms with Crippen LogP contribution >= 0.6 is 11.8 Å². The first-order chi connectivity index (χ1) is 9.88. The Bertz CT molecular complexity index is 563. The SMILES string of the molecule is CCNCc1c(SCC2CCCO2)nc2ccccn12. The van der Waals surface area contributed by atoms with Crippen LogP contribution in [0, 0.1) is 0 Å². The van der Waals surface area contributed by atoms with E-state index >= 15 is 0 Å². The molecule has 5 heteroatoms. The molecule has 1 unspecified atom stereocenters. The van der Waals surface area contributed by atoms with Gasteiger partial charge in [-0.1, -0.05) is 13.0 Å². The lowest BCUT2D eigenvalue weighted by molar-refractivity contribution is 0.129. The van der Waals surface area contributed by atoms with Crippen LogP contribution in [-0.2, 0) is 11.3 Å². The Hall–Kier alpha value is -1.04. The van der Waals surface area contributed by atoms with Gasteiger partial charge in [0, 0.05) is 25.1 Å². The van der Waals surface area contributed by atoms with E-state index in [-0.39, 0.29) is 0 Å². The third kappa shape index (κ3) is 3.00. The maximum atomic E-state index is 5.70. The van der Waals surface area contributed by atoms with E-state index in [4.69, 9.17) is 9.72 Å². The van der Waals surface area contributed by atoms with Gasteiger partial charge in [-0.25, -0.2) is 4.98 Å². The molecular formula is C15H21N3OS. The van der Waals surface area contributed by atoms with Gasteiger partial charge < -0.3 is 14.5 Å². The summed E-state index contributed by atoms with van der Waals surface area (Å²) in [6.45, 7) is 4.87. The van der Waals surface area contributed by atoms with Crippen molar-refractivity contribution in [3.8, 4) is 0 Å². The number of nitrogens with zero attached hydrogens (tertiary/aromatic N) is 2. The van der Waals surface area contributed by atoms with Crippen molar-refractivity contribution >= 4 is 17.4 Å². The van der Waals surface area contributed by atoms with Crippen LogP contribution in [0.1, 0.15) is 25.5 Å². The number of nitrogens with one attached hydrogen (secondary N) is 1. The van der Waals surface area contributed by atoms with Gasteiger partial charge in [-0.3, -0.25) is 0 Å². The highest BCUT2D eigenvalue weighted by atomic mass is 32.2. The van der Waals surface area contributed by atoms with Crippen molar-refractivity contribution in [1.82, 2.24) is 14.7 Å². The lowest BCUT2D eigenvalue weighted by atomic mass is 10.3. The highest BCUT2D eigenvalue weighted by molar-refractivity contribution is 7.99. The number of ether oxygens (including phenoxy) is 1. The molecule has 1 aliphatic rings. The molecule has 1 N–H and O–H groups in total. The van der Waals surface area contributed by atoms with Crippen LogP contribution in [0.2, 0.25) is 0 Å². The van der Waals surface area contributed by atoms with Crippen molar-refractivity contribution in [1.29, 1.82) is 0 Å². The van der Waals surface area contributed by atoms with Gasteiger partial charge in [0.2, 0.25) is 0 Å². The smallest absolute Gasteiger partial charge is 0.138 e. The summed E-state index contributed by atoms with van der Waals surface area (Å²) in [6, 6.07) is 6.15. The van der Waals surface area contributed by atoms with Crippen molar-refractivity contribution in [2.75, 3.05) is 18.9 Å². The first kappa shape index (κ1) is 13.9. The van der Waals surface area contributed by atoms with Crippen molar-refractivity contribution in [3.63, 3.8) is 0 Å². The second-order valence-corrected chi connectivity index (χ2v) is 6.03. The van der Waals surface area contributed by atoms with Crippen LogP contribution in [0.25, 0.3) is 5.65 Å². The second kappa shape index (κ2) is 6.61. The molecule has 1 atom stereocenters. The minimum absolute atomic E-state index is 0.400. The fourth-order valence-electron chi connectivity index (χ4n) is 2.49. The molecule has 20 heavy (non-hydrogen) atoms. The van der Waals surface area contributed by atoms with Crippen LogP contribution in [0.4, 0.5) is 0 Å². The molecule has 2 aromatic heterocycles. The zero-order valence-corrected chi connectivity index (χ0v) is 12.7. The van der Waals surface area contributed by atoms with E-state index < -0.39 is 0 Å². The summed E-state index contributed by atoms with van der Waals surface area (Å²) in [4.78, 5) is 4.76. The predicted molar refractivity (Wildman–Crippen MR) is 82.3 cm³/mol. The van der Waals surface area contributed by atoms with Crippen LogP contribution in [0.15, 0.2) is 29.4 Å². The highest BCUT2D eigenvalue weighted by Crippen LogP contribution is 2.27. The van der Waals surface area contributed by atoms with Gasteiger partial charge in [0.25, 0.3) is 0 Å². The van der Waals surface area contributed by atoms with Crippen molar-refractivity contribution in [2.24, 2.45) is 0 Å². The third-order valence-electron chi connectivity index (χ3n) is 3.56. The molecule has 2 aromatic rings. The Kier molecular flexibility index (Phi) is 4.60. The molecule has 1 saturated heterocycles. The standard InChI is InChI=1S/C15H21N3OS/c1-2-16-10-13-15(20-11-12-6-5-9-19-12)17-14-7-3-4-8-18(13)14/h3-4,7-8,12,16H,2,5-6,9-11H2,1H3. The fraction of sp³-hybridized carbons (Fsp3) is 0.533. The average molecular weight is 291 g/mol. The summed E-state index contributed by atoms with van der Waals surface area (Å²) in [6.07, 6.45) is 4.87. The van der Waals surface area contributed by atoms with Gasteiger partial charge in [-0.2, -0.15) is 0 Å². The quantitative estimate of drug-likeness (QED) is 0.831. The minimum Gasteiger partial charge on any atom is -0.377 e. The lowest BCUT2D eigenvalue weighted by Gasteiger charge is -2.09. The molecule has 0 saturated carbocycles. The summed E-state index contributed by atoms with van der Waals surface area (Å²) >= 11 is 1.82. The number of hydrogen-bond acceptors (Lipinski definition) is 4. The van der Waals surface area contributed by atoms with E-state index in [1.165, 1.54) is 18.5 Å². The molecule has 0 bridgehead atoms. The minimum atomic E-state index is 0.400. The van der Waals surface area contributed by atoms with Crippen molar-refractivity contribution in [2.45, 2.75) is 37.4 Å². The molecule has 0 amide bonds. The first-order valence-corrected chi connectivity index (χ1v) is 8.28. The molecule has 0 aromatic carbocycles. The molecule has 1 fully saturated rings.